The molecule has 0 aliphatic heterocycles. The van der Waals surface area contributed by atoms with Crippen molar-refractivity contribution in [3.8, 4) is 11.5 Å². The average molecular weight is 489 g/mol. The first-order chi connectivity index (χ1) is 12.2. The Morgan fingerprint density at radius 1 is 1.23 bits per heavy atom. The first-order valence-electron chi connectivity index (χ1n) is 8.44. The minimum Gasteiger partial charge on any atom is -0.497 e. The summed E-state index contributed by atoms with van der Waals surface area (Å²) < 4.78 is 10.9. The lowest BCUT2D eigenvalue weighted by Gasteiger charge is -2.21. The van der Waals surface area contributed by atoms with E-state index in [9.17, 15) is 0 Å². The maximum atomic E-state index is 5.75. The van der Waals surface area contributed by atoms with Gasteiger partial charge in [-0.3, -0.25) is 4.99 Å². The lowest BCUT2D eigenvalue weighted by Crippen LogP contribution is -2.40. The minimum absolute atomic E-state index is 0. The van der Waals surface area contributed by atoms with Crippen LogP contribution in [0.1, 0.15) is 11.3 Å². The summed E-state index contributed by atoms with van der Waals surface area (Å²) in [5.41, 5.74) is 0. The highest BCUT2D eigenvalue weighted by Gasteiger charge is 2.06. The van der Waals surface area contributed by atoms with Gasteiger partial charge in [-0.2, -0.15) is 0 Å². The number of guanidine groups is 1. The summed E-state index contributed by atoms with van der Waals surface area (Å²) in [6.07, 6.45) is 1.93. The molecule has 0 saturated carbocycles. The number of ether oxygens (including phenoxy) is 2. The van der Waals surface area contributed by atoms with E-state index in [1.807, 2.05) is 31.3 Å². The van der Waals surface area contributed by atoms with Crippen molar-refractivity contribution in [2.75, 3.05) is 40.9 Å². The van der Waals surface area contributed by atoms with Gasteiger partial charge in [-0.25, -0.2) is 0 Å². The number of nitrogens with one attached hydrogen (secondary N) is 1. The van der Waals surface area contributed by atoms with Gasteiger partial charge in [0.05, 0.1) is 13.7 Å². The van der Waals surface area contributed by atoms with Crippen molar-refractivity contribution in [1.82, 2.24) is 10.2 Å². The van der Waals surface area contributed by atoms with Crippen LogP contribution in [0, 0.1) is 0 Å². The van der Waals surface area contributed by atoms with Gasteiger partial charge in [0.2, 0.25) is 0 Å². The van der Waals surface area contributed by atoms with Crippen LogP contribution in [0.5, 0.6) is 11.5 Å². The molecule has 1 N–H and O–H groups in total. The standard InChI is InChI=1S/C19H27N3O2S.HI/c1-20-19(22(2)12-10-18-9-5-14-25-18)21-11-6-13-24-17-8-4-7-16(15-17)23-3;/h4-5,7-9,14-15H,6,10-13H2,1-3H3,(H,20,21);1H. The van der Waals surface area contributed by atoms with Crippen LogP contribution in [-0.4, -0.2) is 51.8 Å². The number of methoxy groups -OCH3 is 1. The van der Waals surface area contributed by atoms with Crippen LogP contribution in [0.2, 0.25) is 0 Å². The summed E-state index contributed by atoms with van der Waals surface area (Å²) >= 11 is 1.80. The molecule has 1 aromatic carbocycles. The molecule has 0 fully saturated rings. The van der Waals surface area contributed by atoms with E-state index in [4.69, 9.17) is 9.47 Å². The summed E-state index contributed by atoms with van der Waals surface area (Å²) in [4.78, 5) is 7.90. The maximum Gasteiger partial charge on any atom is 0.193 e. The third kappa shape index (κ3) is 7.82. The van der Waals surface area contributed by atoms with Crippen LogP contribution in [-0.2, 0) is 6.42 Å². The first kappa shape index (κ1) is 22.6. The third-order valence-corrected chi connectivity index (χ3v) is 4.70. The second-order valence-corrected chi connectivity index (χ2v) is 6.64. The third-order valence-electron chi connectivity index (χ3n) is 3.76. The molecule has 0 amide bonds. The van der Waals surface area contributed by atoms with Gasteiger partial charge in [0, 0.05) is 38.1 Å². The van der Waals surface area contributed by atoms with Gasteiger partial charge in [-0.1, -0.05) is 12.1 Å². The fourth-order valence-electron chi connectivity index (χ4n) is 2.38. The van der Waals surface area contributed by atoms with Crippen molar-refractivity contribution < 1.29 is 9.47 Å². The minimum atomic E-state index is 0. The normalized spacial score (nSPS) is 10.8. The van der Waals surface area contributed by atoms with Crippen LogP contribution in [0.25, 0.3) is 0 Å². The smallest absolute Gasteiger partial charge is 0.193 e. The molecular weight excluding hydrogens is 461 g/mol. The SMILES string of the molecule is CN=C(NCCCOc1cccc(OC)c1)N(C)CCc1cccs1.I. The molecule has 0 unspecified atom stereocenters. The van der Waals surface area contributed by atoms with Crippen LogP contribution in [0.15, 0.2) is 46.8 Å². The number of benzene rings is 1. The lowest BCUT2D eigenvalue weighted by molar-refractivity contribution is 0.308. The Morgan fingerprint density at radius 3 is 2.73 bits per heavy atom. The van der Waals surface area contributed by atoms with E-state index in [-0.39, 0.29) is 24.0 Å². The van der Waals surface area contributed by atoms with Crippen molar-refractivity contribution >= 4 is 41.3 Å². The van der Waals surface area contributed by atoms with Crippen molar-refractivity contribution in [2.24, 2.45) is 4.99 Å². The number of thiophene rings is 1. The Labute approximate surface area is 177 Å². The summed E-state index contributed by atoms with van der Waals surface area (Å²) in [6, 6.07) is 11.9. The Hall–Kier alpha value is -1.48. The highest BCUT2D eigenvalue weighted by Crippen LogP contribution is 2.18. The van der Waals surface area contributed by atoms with Gasteiger partial charge in [0.25, 0.3) is 0 Å². The molecule has 1 heterocycles. The fraction of sp³-hybridized carbons (Fsp3) is 0.421. The quantitative estimate of drug-likeness (QED) is 0.251. The van der Waals surface area contributed by atoms with E-state index in [1.54, 1.807) is 18.4 Å². The molecule has 2 rings (SSSR count). The highest BCUT2D eigenvalue weighted by atomic mass is 127. The monoisotopic (exact) mass is 489 g/mol. The molecule has 0 aliphatic rings. The summed E-state index contributed by atoms with van der Waals surface area (Å²) in [6.45, 7) is 2.41. The predicted molar refractivity (Wildman–Crippen MR) is 121 cm³/mol. The van der Waals surface area contributed by atoms with Gasteiger partial charge < -0.3 is 19.7 Å². The van der Waals surface area contributed by atoms with E-state index < -0.39 is 0 Å². The van der Waals surface area contributed by atoms with E-state index in [1.165, 1.54) is 4.88 Å². The number of hydrogen-bond donors (Lipinski definition) is 1. The summed E-state index contributed by atoms with van der Waals surface area (Å²) in [5, 5.41) is 5.50. The molecule has 5 nitrogen and oxygen atoms in total. The Morgan fingerprint density at radius 2 is 2.04 bits per heavy atom. The second kappa shape index (κ2) is 12.8. The predicted octanol–water partition coefficient (Wildman–Crippen LogP) is 3.89. The highest BCUT2D eigenvalue weighted by molar-refractivity contribution is 14.0. The van der Waals surface area contributed by atoms with Crippen molar-refractivity contribution in [1.29, 1.82) is 0 Å². The zero-order valence-corrected chi connectivity index (χ0v) is 18.8. The molecule has 26 heavy (non-hydrogen) atoms. The molecule has 0 atom stereocenters. The molecule has 1 aromatic heterocycles. The number of halogens is 1. The molecule has 7 heteroatoms. The van der Waals surface area contributed by atoms with E-state index >= 15 is 0 Å². The van der Waals surface area contributed by atoms with E-state index in [0.29, 0.717) is 6.61 Å². The molecule has 2 aromatic rings. The second-order valence-electron chi connectivity index (χ2n) is 5.61. The first-order valence-corrected chi connectivity index (χ1v) is 9.32. The number of hydrogen-bond acceptors (Lipinski definition) is 4. The van der Waals surface area contributed by atoms with E-state index in [0.717, 1.165) is 43.4 Å². The van der Waals surface area contributed by atoms with Crippen LogP contribution in [0.4, 0.5) is 0 Å². The fourth-order valence-corrected chi connectivity index (χ4v) is 3.07. The van der Waals surface area contributed by atoms with Gasteiger partial charge in [-0.15, -0.1) is 35.3 Å². The van der Waals surface area contributed by atoms with Crippen molar-refractivity contribution in [3.05, 3.63) is 46.7 Å². The van der Waals surface area contributed by atoms with Gasteiger partial charge in [0.15, 0.2) is 5.96 Å². The largest absolute Gasteiger partial charge is 0.497 e. The summed E-state index contributed by atoms with van der Waals surface area (Å²) in [7, 11) is 5.54. The topological polar surface area (TPSA) is 46.1 Å². The zero-order valence-electron chi connectivity index (χ0n) is 15.6. The molecule has 0 bridgehead atoms. The zero-order chi connectivity index (χ0) is 17.9. The number of rotatable bonds is 9. The lowest BCUT2D eigenvalue weighted by atomic mass is 10.3. The molecule has 0 spiro atoms. The Balaban J connectivity index is 0.00000338. The Bertz CT molecular complexity index is 650. The van der Waals surface area contributed by atoms with Crippen LogP contribution >= 0.6 is 35.3 Å². The number of likely N-dealkylation sites (N-methyl/N-ethyl adjacent to an activating group) is 1. The molecule has 0 aliphatic carbocycles. The van der Waals surface area contributed by atoms with Crippen molar-refractivity contribution in [2.45, 2.75) is 12.8 Å². The molecule has 0 radical (unpaired) electrons. The molecular formula is C19H28IN3O2S. The van der Waals surface area contributed by atoms with Crippen LogP contribution in [0.3, 0.4) is 0 Å². The van der Waals surface area contributed by atoms with Gasteiger partial charge in [-0.05, 0) is 36.4 Å². The number of aliphatic imine (C=N–C) groups is 1. The van der Waals surface area contributed by atoms with Crippen LogP contribution < -0.4 is 14.8 Å². The van der Waals surface area contributed by atoms with Gasteiger partial charge in [0.1, 0.15) is 11.5 Å². The maximum absolute atomic E-state index is 5.75. The van der Waals surface area contributed by atoms with Crippen molar-refractivity contribution in [3.63, 3.8) is 0 Å². The van der Waals surface area contributed by atoms with Gasteiger partial charge >= 0.3 is 0 Å². The van der Waals surface area contributed by atoms with E-state index in [2.05, 4.69) is 39.8 Å². The Kier molecular flexibility index (Phi) is 11.1. The molecule has 144 valence electrons. The number of nitrogens with zero attached hydrogens (tertiary/aromatic N) is 2. The molecule has 0 saturated heterocycles. The average Bonchev–Trinajstić information content (AvgIpc) is 3.16. The summed E-state index contributed by atoms with van der Waals surface area (Å²) in [5.74, 6) is 2.55.